The van der Waals surface area contributed by atoms with Crippen LogP contribution in [0.3, 0.4) is 0 Å². The number of hydrogen-bond acceptors (Lipinski definition) is 2. The van der Waals surface area contributed by atoms with Crippen molar-refractivity contribution in [3.05, 3.63) is 0 Å². The summed E-state index contributed by atoms with van der Waals surface area (Å²) in [7, 11) is 2.18. The molecule has 2 unspecified atom stereocenters. The van der Waals surface area contributed by atoms with Gasteiger partial charge in [0.25, 0.3) is 0 Å². The molecule has 110 valence electrons. The third-order valence-corrected chi connectivity index (χ3v) is 5.45. The second-order valence-electron chi connectivity index (χ2n) is 7.40. The summed E-state index contributed by atoms with van der Waals surface area (Å²) in [5, 5.41) is 3.61. The van der Waals surface area contributed by atoms with E-state index in [9.17, 15) is 0 Å². The fraction of sp³-hybridized carbons (Fsp3) is 1.00. The molecule has 0 aliphatic heterocycles. The summed E-state index contributed by atoms with van der Waals surface area (Å²) in [6, 6.07) is 0.781. The summed E-state index contributed by atoms with van der Waals surface area (Å²) < 4.78 is 0. The second-order valence-corrected chi connectivity index (χ2v) is 7.40. The van der Waals surface area contributed by atoms with E-state index in [0.717, 1.165) is 23.8 Å². The highest BCUT2D eigenvalue weighted by Crippen LogP contribution is 2.35. The quantitative estimate of drug-likeness (QED) is 0.710. The van der Waals surface area contributed by atoms with Gasteiger partial charge in [0, 0.05) is 25.7 Å². The van der Waals surface area contributed by atoms with Crippen molar-refractivity contribution in [3.63, 3.8) is 0 Å². The topological polar surface area (TPSA) is 15.3 Å². The van der Waals surface area contributed by atoms with Crippen LogP contribution in [0.15, 0.2) is 0 Å². The Labute approximate surface area is 119 Å². The maximum Gasteiger partial charge on any atom is 0.0104 e. The third kappa shape index (κ3) is 4.46. The molecular weight excluding hydrogens is 232 g/mol. The standard InChI is InChI=1S/C17H32N2/c1-18-17-6-4-2-3-5-16(17)13-19(11-14-7-8-14)12-15-9-10-15/h14-18H,2-13H2,1H3. The normalized spacial score (nSPS) is 32.5. The first-order valence-corrected chi connectivity index (χ1v) is 8.74. The molecule has 0 heterocycles. The minimum atomic E-state index is 0.781. The third-order valence-electron chi connectivity index (χ3n) is 5.45. The zero-order valence-electron chi connectivity index (χ0n) is 12.7. The lowest BCUT2D eigenvalue weighted by Crippen LogP contribution is -2.41. The Balaban J connectivity index is 1.53. The molecule has 1 N–H and O–H groups in total. The van der Waals surface area contributed by atoms with Gasteiger partial charge in [0.2, 0.25) is 0 Å². The molecule has 2 nitrogen and oxygen atoms in total. The molecule has 0 aromatic carbocycles. The number of hydrogen-bond donors (Lipinski definition) is 1. The summed E-state index contributed by atoms with van der Waals surface area (Å²) in [5.41, 5.74) is 0. The van der Waals surface area contributed by atoms with Gasteiger partial charge < -0.3 is 10.2 Å². The minimum absolute atomic E-state index is 0.781. The van der Waals surface area contributed by atoms with Crippen molar-refractivity contribution in [2.45, 2.75) is 63.8 Å². The van der Waals surface area contributed by atoms with E-state index in [1.165, 1.54) is 77.4 Å². The summed E-state index contributed by atoms with van der Waals surface area (Å²) in [6.45, 7) is 4.19. The molecule has 0 radical (unpaired) electrons. The number of nitrogens with one attached hydrogen (secondary N) is 1. The molecule has 0 saturated heterocycles. The highest BCUT2D eigenvalue weighted by Gasteiger charge is 2.32. The maximum absolute atomic E-state index is 3.61. The summed E-state index contributed by atoms with van der Waals surface area (Å²) in [4.78, 5) is 2.84. The molecule has 0 amide bonds. The largest absolute Gasteiger partial charge is 0.317 e. The molecule has 2 atom stereocenters. The van der Waals surface area contributed by atoms with Gasteiger partial charge in [-0.05, 0) is 63.3 Å². The van der Waals surface area contributed by atoms with Gasteiger partial charge in [0.1, 0.15) is 0 Å². The fourth-order valence-corrected chi connectivity index (χ4v) is 3.87. The van der Waals surface area contributed by atoms with E-state index in [-0.39, 0.29) is 0 Å². The molecule has 3 fully saturated rings. The average Bonchev–Trinajstić information content (AvgIpc) is 3.25. The minimum Gasteiger partial charge on any atom is -0.317 e. The van der Waals surface area contributed by atoms with Crippen LogP contribution in [0.25, 0.3) is 0 Å². The Morgan fingerprint density at radius 3 is 2.00 bits per heavy atom. The SMILES string of the molecule is CNC1CCCCCC1CN(CC1CC1)CC1CC1. The van der Waals surface area contributed by atoms with Crippen LogP contribution in [0.2, 0.25) is 0 Å². The van der Waals surface area contributed by atoms with Crippen LogP contribution < -0.4 is 5.32 Å². The number of nitrogens with zero attached hydrogens (tertiary/aromatic N) is 1. The van der Waals surface area contributed by atoms with Crippen molar-refractivity contribution in [2.24, 2.45) is 17.8 Å². The van der Waals surface area contributed by atoms with Crippen LogP contribution in [-0.2, 0) is 0 Å². The molecule has 0 aromatic rings. The van der Waals surface area contributed by atoms with Crippen molar-refractivity contribution in [1.82, 2.24) is 10.2 Å². The van der Waals surface area contributed by atoms with Crippen LogP contribution in [0.4, 0.5) is 0 Å². The van der Waals surface area contributed by atoms with E-state index < -0.39 is 0 Å². The highest BCUT2D eigenvalue weighted by atomic mass is 15.1. The van der Waals surface area contributed by atoms with E-state index in [1.54, 1.807) is 0 Å². The molecule has 0 aromatic heterocycles. The van der Waals surface area contributed by atoms with Gasteiger partial charge in [-0.3, -0.25) is 0 Å². The van der Waals surface area contributed by atoms with Crippen LogP contribution in [0, 0.1) is 17.8 Å². The smallest absolute Gasteiger partial charge is 0.0104 e. The Hall–Kier alpha value is -0.0800. The van der Waals surface area contributed by atoms with Crippen LogP contribution in [0.1, 0.15) is 57.8 Å². The second kappa shape index (κ2) is 6.58. The molecule has 19 heavy (non-hydrogen) atoms. The first-order valence-electron chi connectivity index (χ1n) is 8.74. The monoisotopic (exact) mass is 264 g/mol. The molecular formula is C17H32N2. The Morgan fingerprint density at radius 1 is 0.789 bits per heavy atom. The Morgan fingerprint density at radius 2 is 1.42 bits per heavy atom. The lowest BCUT2D eigenvalue weighted by molar-refractivity contribution is 0.184. The lowest BCUT2D eigenvalue weighted by Gasteiger charge is -2.31. The first kappa shape index (κ1) is 13.9. The highest BCUT2D eigenvalue weighted by molar-refractivity contribution is 4.86. The van der Waals surface area contributed by atoms with Crippen molar-refractivity contribution < 1.29 is 0 Å². The molecule has 3 aliphatic rings. The van der Waals surface area contributed by atoms with Gasteiger partial charge in [-0.15, -0.1) is 0 Å². The van der Waals surface area contributed by atoms with Crippen molar-refractivity contribution in [1.29, 1.82) is 0 Å². The first-order chi connectivity index (χ1) is 9.35. The average molecular weight is 264 g/mol. The predicted molar refractivity (Wildman–Crippen MR) is 81.3 cm³/mol. The van der Waals surface area contributed by atoms with E-state index in [2.05, 4.69) is 17.3 Å². The number of rotatable bonds is 7. The summed E-state index contributed by atoms with van der Waals surface area (Å²) in [6.07, 6.45) is 13.2. The van der Waals surface area contributed by atoms with Crippen LogP contribution >= 0.6 is 0 Å². The Bertz CT molecular complexity index is 256. The van der Waals surface area contributed by atoms with Crippen LogP contribution in [-0.4, -0.2) is 37.6 Å². The summed E-state index contributed by atoms with van der Waals surface area (Å²) >= 11 is 0. The zero-order chi connectivity index (χ0) is 13.1. The van der Waals surface area contributed by atoms with Gasteiger partial charge in [-0.1, -0.05) is 19.3 Å². The Kier molecular flexibility index (Phi) is 4.81. The molecule has 3 saturated carbocycles. The van der Waals surface area contributed by atoms with Gasteiger partial charge >= 0.3 is 0 Å². The van der Waals surface area contributed by atoms with Gasteiger partial charge in [0.05, 0.1) is 0 Å². The fourth-order valence-electron chi connectivity index (χ4n) is 3.87. The van der Waals surface area contributed by atoms with Crippen LogP contribution in [0.5, 0.6) is 0 Å². The molecule has 0 bridgehead atoms. The van der Waals surface area contributed by atoms with Gasteiger partial charge in [0.15, 0.2) is 0 Å². The maximum atomic E-state index is 3.61. The van der Waals surface area contributed by atoms with E-state index >= 15 is 0 Å². The molecule has 2 heteroatoms. The molecule has 0 spiro atoms. The predicted octanol–water partition coefficient (Wildman–Crippen LogP) is 3.28. The van der Waals surface area contributed by atoms with E-state index in [4.69, 9.17) is 0 Å². The molecule has 3 rings (SSSR count). The van der Waals surface area contributed by atoms with E-state index in [1.807, 2.05) is 0 Å². The lowest BCUT2D eigenvalue weighted by atomic mass is 9.94. The summed E-state index contributed by atoms with van der Waals surface area (Å²) in [5.74, 6) is 3.01. The van der Waals surface area contributed by atoms with E-state index in [0.29, 0.717) is 0 Å². The van der Waals surface area contributed by atoms with Crippen molar-refractivity contribution >= 4 is 0 Å². The molecule has 3 aliphatic carbocycles. The van der Waals surface area contributed by atoms with Crippen molar-refractivity contribution in [3.8, 4) is 0 Å². The van der Waals surface area contributed by atoms with Crippen molar-refractivity contribution in [2.75, 3.05) is 26.7 Å². The van der Waals surface area contributed by atoms with Gasteiger partial charge in [-0.2, -0.15) is 0 Å². The zero-order valence-corrected chi connectivity index (χ0v) is 12.7. The van der Waals surface area contributed by atoms with Gasteiger partial charge in [-0.25, -0.2) is 0 Å².